The highest BCUT2D eigenvalue weighted by Gasteiger charge is 2.65. The number of allylic oxidation sites excluding steroid dienone is 3. The average molecular weight is 757 g/mol. The van der Waals surface area contributed by atoms with Gasteiger partial charge in [0.05, 0.1) is 11.6 Å². The number of rotatable bonds is 12. The highest BCUT2D eigenvalue weighted by Crippen LogP contribution is 2.52. The van der Waals surface area contributed by atoms with E-state index in [4.69, 9.17) is 0 Å². The molecule has 3 aromatic rings. The molecule has 0 saturated carbocycles. The number of aromatic nitrogens is 2. The van der Waals surface area contributed by atoms with Crippen molar-refractivity contribution in [2.75, 3.05) is 0 Å². The third-order valence-electron chi connectivity index (χ3n) is 10.3. The van der Waals surface area contributed by atoms with Crippen LogP contribution in [0.5, 0.6) is 0 Å². The van der Waals surface area contributed by atoms with Crippen molar-refractivity contribution in [3.05, 3.63) is 103 Å². The number of aliphatic imine (C=N–C) groups is 1. The third-order valence-corrected chi connectivity index (χ3v) is 10.3. The smallest absolute Gasteiger partial charge is 0.442 e. The second-order valence-electron chi connectivity index (χ2n) is 13.7. The standard InChI is InChI=1S/C40H39F3N6O6/c1-6-24-21(5)37(54)46-30(24)16-28-19(3)26(12-14-34(50)51)31(44-28)18-32-27(13-15-35(52)53)20(4)29(45-32)17-33-36(25(7-2)38(55)47-33)22-8-10-23(11-9-22)39(48-49-39)40(41,42)43/h6,8-11,16-18,21,44-45H,7,12-15H2,1-5H3,(H,46,54)(H,50,51)(H,52,53)/b24-6+,29-17-,30-16-,32-18-. The summed E-state index contributed by atoms with van der Waals surface area (Å²) >= 11 is 0. The molecule has 1 aromatic carbocycles. The molecular formula is C40H39F3N6O6. The summed E-state index contributed by atoms with van der Waals surface area (Å²) in [7, 11) is 0. The fourth-order valence-corrected chi connectivity index (χ4v) is 7.20. The van der Waals surface area contributed by atoms with E-state index in [2.05, 4.69) is 30.5 Å². The summed E-state index contributed by atoms with van der Waals surface area (Å²) in [5, 5.41) is 29.7. The SMILES string of the molecule is C/C=C1/C(=C/c2[nH]c(/C=c3\[nH]/c(=C\C4=NC(=O)C(CC)=C4c4ccc(C5(C(F)(F)F)N=N5)cc4)c(C)c3CCC(=O)O)c(CCC(=O)O)c2C)NC(=O)C1C. The van der Waals surface area contributed by atoms with Gasteiger partial charge in [0, 0.05) is 57.3 Å². The lowest BCUT2D eigenvalue weighted by Gasteiger charge is -2.15. The monoisotopic (exact) mass is 756 g/mol. The topological polar surface area (TPSA) is 189 Å². The molecule has 0 bridgehead atoms. The predicted octanol–water partition coefficient (Wildman–Crippen LogP) is 5.68. The molecule has 15 heteroatoms. The van der Waals surface area contributed by atoms with Crippen molar-refractivity contribution >= 4 is 53.3 Å². The van der Waals surface area contributed by atoms with Crippen molar-refractivity contribution in [2.24, 2.45) is 21.1 Å². The molecule has 55 heavy (non-hydrogen) atoms. The van der Waals surface area contributed by atoms with E-state index in [1.165, 1.54) is 24.3 Å². The predicted molar refractivity (Wildman–Crippen MR) is 198 cm³/mol. The summed E-state index contributed by atoms with van der Waals surface area (Å²) in [5.41, 5.74) is 4.42. The van der Waals surface area contributed by atoms with Crippen LogP contribution in [0.15, 0.2) is 62.4 Å². The molecule has 3 aliphatic rings. The van der Waals surface area contributed by atoms with Crippen LogP contribution in [0.3, 0.4) is 0 Å². The van der Waals surface area contributed by atoms with Crippen LogP contribution in [0.25, 0.3) is 23.8 Å². The molecule has 12 nitrogen and oxygen atoms in total. The summed E-state index contributed by atoms with van der Waals surface area (Å²) in [6, 6.07) is 5.53. The van der Waals surface area contributed by atoms with Gasteiger partial charge in [-0.05, 0) is 98.6 Å². The molecule has 1 atom stereocenters. The van der Waals surface area contributed by atoms with Gasteiger partial charge in [-0.1, -0.05) is 37.3 Å². The fourth-order valence-electron chi connectivity index (χ4n) is 7.20. The van der Waals surface area contributed by atoms with Crippen molar-refractivity contribution in [2.45, 2.75) is 78.6 Å². The Balaban J connectivity index is 1.47. The highest BCUT2D eigenvalue weighted by molar-refractivity contribution is 6.46. The number of nitrogens with one attached hydrogen (secondary N) is 3. The first-order chi connectivity index (χ1) is 26.0. The number of benzene rings is 1. The van der Waals surface area contributed by atoms with Gasteiger partial charge in [0.15, 0.2) is 0 Å². The minimum absolute atomic E-state index is 0.134. The number of hydrogen-bond donors (Lipinski definition) is 5. The Morgan fingerprint density at radius 1 is 0.891 bits per heavy atom. The molecule has 0 spiro atoms. The van der Waals surface area contributed by atoms with Gasteiger partial charge in [-0.15, -0.1) is 10.2 Å². The Morgan fingerprint density at radius 2 is 1.53 bits per heavy atom. The van der Waals surface area contributed by atoms with Crippen molar-refractivity contribution in [1.82, 2.24) is 15.3 Å². The molecule has 5 N–H and O–H groups in total. The number of halogens is 3. The second kappa shape index (κ2) is 14.6. The number of carboxylic acids is 2. The van der Waals surface area contributed by atoms with E-state index >= 15 is 0 Å². The molecule has 5 heterocycles. The van der Waals surface area contributed by atoms with Crippen molar-refractivity contribution in [1.29, 1.82) is 0 Å². The van der Waals surface area contributed by atoms with Gasteiger partial charge in [-0.3, -0.25) is 19.2 Å². The van der Waals surface area contributed by atoms with Crippen molar-refractivity contribution in [3.8, 4) is 0 Å². The second-order valence-corrected chi connectivity index (χ2v) is 13.7. The van der Waals surface area contributed by atoms with Crippen LogP contribution in [0, 0.1) is 19.8 Å². The van der Waals surface area contributed by atoms with Crippen LogP contribution >= 0.6 is 0 Å². The molecule has 1 fully saturated rings. The number of hydrogen-bond acceptors (Lipinski definition) is 6. The maximum Gasteiger partial charge on any atom is 0.442 e. The van der Waals surface area contributed by atoms with Gasteiger partial charge in [0.1, 0.15) is 0 Å². The summed E-state index contributed by atoms with van der Waals surface area (Å²) in [4.78, 5) is 60.0. The van der Waals surface area contributed by atoms with Gasteiger partial charge in [0.25, 0.3) is 5.91 Å². The quantitative estimate of drug-likeness (QED) is 0.158. The minimum atomic E-state index is -4.69. The van der Waals surface area contributed by atoms with Crippen molar-refractivity contribution < 1.29 is 42.6 Å². The first-order valence-electron chi connectivity index (χ1n) is 17.7. The minimum Gasteiger partial charge on any atom is -0.481 e. The Kier molecular flexibility index (Phi) is 10.3. The van der Waals surface area contributed by atoms with Crippen LogP contribution in [0.2, 0.25) is 0 Å². The van der Waals surface area contributed by atoms with Crippen molar-refractivity contribution in [3.63, 3.8) is 0 Å². The van der Waals surface area contributed by atoms with Gasteiger partial charge >= 0.3 is 23.8 Å². The number of amides is 2. The van der Waals surface area contributed by atoms with E-state index in [9.17, 15) is 42.6 Å². The van der Waals surface area contributed by atoms with E-state index in [0.717, 1.165) is 16.7 Å². The van der Waals surface area contributed by atoms with Gasteiger partial charge in [-0.25, -0.2) is 4.99 Å². The average Bonchev–Trinajstić information content (AvgIpc) is 3.64. The van der Waals surface area contributed by atoms with Gasteiger partial charge in [-0.2, -0.15) is 13.2 Å². The van der Waals surface area contributed by atoms with Crippen LogP contribution < -0.4 is 16.0 Å². The zero-order valence-electron chi connectivity index (χ0n) is 30.7. The Hall–Kier alpha value is -6.12. The number of carboxylic acid groups (broad SMARTS) is 2. The lowest BCUT2D eigenvalue weighted by molar-refractivity contribution is -0.166. The molecule has 286 valence electrons. The Morgan fingerprint density at radius 3 is 2.09 bits per heavy atom. The molecule has 1 unspecified atom stereocenters. The third kappa shape index (κ3) is 7.25. The Labute approximate surface area is 313 Å². The van der Waals surface area contributed by atoms with Crippen LogP contribution in [-0.4, -0.2) is 55.8 Å². The van der Waals surface area contributed by atoms with E-state index < -0.39 is 29.7 Å². The normalized spacial score (nSPS) is 20.0. The summed E-state index contributed by atoms with van der Waals surface area (Å²) < 4.78 is 41.0. The number of H-pyrrole nitrogens is 2. The number of alkyl halides is 3. The summed E-state index contributed by atoms with van der Waals surface area (Å²) in [6.07, 6.45) is 2.73. The van der Waals surface area contributed by atoms with Crippen LogP contribution in [-0.2, 0) is 37.7 Å². The molecule has 2 amide bonds. The van der Waals surface area contributed by atoms with Crippen LogP contribution in [0.1, 0.15) is 84.8 Å². The first kappa shape index (κ1) is 38.6. The molecule has 0 radical (unpaired) electrons. The number of aromatic amines is 2. The molecular weight excluding hydrogens is 717 g/mol. The zero-order chi connectivity index (χ0) is 40.0. The molecule has 2 aromatic heterocycles. The van der Waals surface area contributed by atoms with E-state index in [0.29, 0.717) is 62.0 Å². The molecule has 0 aliphatic carbocycles. The molecule has 1 saturated heterocycles. The Bertz CT molecular complexity index is 2420. The molecule has 3 aliphatic heterocycles. The number of nitrogens with zero attached hydrogens (tertiary/aromatic N) is 3. The first-order valence-corrected chi connectivity index (χ1v) is 17.7. The highest BCUT2D eigenvalue weighted by atomic mass is 19.4. The number of aliphatic carboxylic acids is 2. The van der Waals surface area contributed by atoms with E-state index in [-0.39, 0.29) is 48.8 Å². The maximum atomic E-state index is 13.7. The lowest BCUT2D eigenvalue weighted by Crippen LogP contribution is -2.30. The van der Waals surface area contributed by atoms with E-state index in [1.54, 1.807) is 26.0 Å². The summed E-state index contributed by atoms with van der Waals surface area (Å²) in [5.74, 6) is -2.94. The van der Waals surface area contributed by atoms with E-state index in [1.807, 2.05) is 32.9 Å². The van der Waals surface area contributed by atoms with Gasteiger partial charge in [0.2, 0.25) is 5.91 Å². The lowest BCUT2D eigenvalue weighted by atomic mass is 9.93. The number of carbonyl (C=O) groups is 4. The summed E-state index contributed by atoms with van der Waals surface area (Å²) in [6.45, 7) is 9.10. The largest absolute Gasteiger partial charge is 0.481 e. The van der Waals surface area contributed by atoms with Crippen LogP contribution in [0.4, 0.5) is 13.2 Å². The zero-order valence-corrected chi connectivity index (χ0v) is 30.7. The fraction of sp³-hybridized carbons (Fsp3) is 0.325. The van der Waals surface area contributed by atoms with Gasteiger partial charge < -0.3 is 25.5 Å². The number of carbonyl (C=O) groups excluding carboxylic acids is 2. The molecule has 6 rings (SSSR count). The maximum absolute atomic E-state index is 13.7.